The van der Waals surface area contributed by atoms with Crippen LogP contribution < -0.4 is 5.32 Å². The van der Waals surface area contributed by atoms with Gasteiger partial charge in [0, 0.05) is 50.6 Å². The average molecular weight is 350 g/mol. The van der Waals surface area contributed by atoms with Crippen molar-refractivity contribution in [2.45, 2.75) is 58.9 Å². The van der Waals surface area contributed by atoms with Gasteiger partial charge in [-0.15, -0.1) is 0 Å². The number of nitrogens with one attached hydrogen (secondary N) is 1. The third-order valence-corrected chi connectivity index (χ3v) is 5.97. The molecule has 0 unspecified atom stereocenters. The number of hydrogen-bond donors (Lipinski definition) is 1. The first-order valence-corrected chi connectivity index (χ1v) is 10.2. The van der Waals surface area contributed by atoms with E-state index in [0.717, 1.165) is 70.2 Å². The van der Waals surface area contributed by atoms with Gasteiger partial charge in [0.15, 0.2) is 0 Å². The zero-order valence-electron chi connectivity index (χ0n) is 16.2. The van der Waals surface area contributed by atoms with Gasteiger partial charge in [0.05, 0.1) is 0 Å². The predicted molar refractivity (Wildman–Crippen MR) is 99.0 cm³/mol. The summed E-state index contributed by atoms with van der Waals surface area (Å²) in [6, 6.07) is 0.191. The van der Waals surface area contributed by atoms with Gasteiger partial charge in [-0.25, -0.2) is 0 Å². The Bertz CT molecular complexity index is 473. The first-order chi connectivity index (χ1) is 11.9. The summed E-state index contributed by atoms with van der Waals surface area (Å²) >= 11 is 0. The Morgan fingerprint density at radius 1 is 1.00 bits per heavy atom. The molecule has 3 rings (SSSR count). The molecule has 142 valence electrons. The van der Waals surface area contributed by atoms with Gasteiger partial charge in [-0.2, -0.15) is 0 Å². The van der Waals surface area contributed by atoms with E-state index < -0.39 is 0 Å². The number of carbonyl (C=O) groups is 2. The van der Waals surface area contributed by atoms with Gasteiger partial charge in [-0.3, -0.25) is 9.59 Å². The molecule has 0 aromatic rings. The topological polar surface area (TPSA) is 52.7 Å². The monoisotopic (exact) mass is 349 g/mol. The van der Waals surface area contributed by atoms with Gasteiger partial charge in [-0.1, -0.05) is 13.8 Å². The molecule has 0 aromatic heterocycles. The maximum Gasteiger partial charge on any atom is 0.225 e. The molecule has 1 N–H and O–H groups in total. The summed E-state index contributed by atoms with van der Waals surface area (Å²) in [5.74, 6) is 2.37. The lowest BCUT2D eigenvalue weighted by Crippen LogP contribution is -2.49. The molecule has 5 heteroatoms. The Labute approximate surface area is 152 Å². The zero-order chi connectivity index (χ0) is 18.0. The summed E-state index contributed by atoms with van der Waals surface area (Å²) in [6.45, 7) is 11.5. The normalized spacial score (nSPS) is 30.1. The molecule has 2 aliphatic heterocycles. The maximum absolute atomic E-state index is 12.6. The molecule has 2 saturated heterocycles. The fourth-order valence-electron chi connectivity index (χ4n) is 4.69. The number of nitrogens with zero attached hydrogens (tertiary/aromatic N) is 2. The third-order valence-electron chi connectivity index (χ3n) is 5.97. The molecule has 25 heavy (non-hydrogen) atoms. The molecule has 3 aliphatic rings. The van der Waals surface area contributed by atoms with Crippen LogP contribution in [0.5, 0.6) is 0 Å². The maximum atomic E-state index is 12.6. The minimum atomic E-state index is 0.0740. The molecule has 3 atom stereocenters. The van der Waals surface area contributed by atoms with Crippen molar-refractivity contribution in [3.8, 4) is 0 Å². The summed E-state index contributed by atoms with van der Waals surface area (Å²) in [4.78, 5) is 29.2. The highest BCUT2D eigenvalue weighted by atomic mass is 16.2. The van der Waals surface area contributed by atoms with E-state index in [1.807, 2.05) is 4.90 Å². The largest absolute Gasteiger partial charge is 0.352 e. The zero-order valence-corrected chi connectivity index (χ0v) is 16.2. The van der Waals surface area contributed by atoms with Crippen molar-refractivity contribution in [1.29, 1.82) is 0 Å². The summed E-state index contributed by atoms with van der Waals surface area (Å²) in [7, 11) is 0. The highest BCUT2D eigenvalue weighted by molar-refractivity contribution is 5.82. The van der Waals surface area contributed by atoms with E-state index in [4.69, 9.17) is 0 Å². The Hall–Kier alpha value is -1.10. The fourth-order valence-corrected chi connectivity index (χ4v) is 4.69. The van der Waals surface area contributed by atoms with Crippen molar-refractivity contribution in [3.05, 3.63) is 0 Å². The van der Waals surface area contributed by atoms with Gasteiger partial charge >= 0.3 is 0 Å². The molecule has 0 radical (unpaired) electrons. The van der Waals surface area contributed by atoms with Gasteiger partial charge in [-0.05, 0) is 50.9 Å². The molecule has 2 heterocycles. The predicted octanol–water partition coefficient (Wildman–Crippen LogP) is 2.12. The number of amides is 2. The molecule has 0 bridgehead atoms. The summed E-state index contributed by atoms with van der Waals surface area (Å²) in [5.41, 5.74) is 0. The van der Waals surface area contributed by atoms with Gasteiger partial charge < -0.3 is 15.1 Å². The molecular weight excluding hydrogens is 314 g/mol. The van der Waals surface area contributed by atoms with Crippen LogP contribution in [0.3, 0.4) is 0 Å². The molecule has 2 amide bonds. The van der Waals surface area contributed by atoms with Crippen molar-refractivity contribution in [2.75, 3.05) is 32.7 Å². The second kappa shape index (κ2) is 8.07. The van der Waals surface area contributed by atoms with Crippen molar-refractivity contribution < 1.29 is 9.59 Å². The summed E-state index contributed by atoms with van der Waals surface area (Å²) < 4.78 is 0. The lowest BCUT2D eigenvalue weighted by molar-refractivity contribution is -0.136. The number of hydrogen-bond acceptors (Lipinski definition) is 3. The molecule has 3 fully saturated rings. The Morgan fingerprint density at radius 2 is 1.60 bits per heavy atom. The van der Waals surface area contributed by atoms with Gasteiger partial charge in [0.25, 0.3) is 0 Å². The van der Waals surface area contributed by atoms with E-state index in [1.165, 1.54) is 6.42 Å². The Balaban J connectivity index is 1.39. The van der Waals surface area contributed by atoms with Crippen molar-refractivity contribution in [3.63, 3.8) is 0 Å². The second-order valence-electron chi connectivity index (χ2n) is 8.95. The van der Waals surface area contributed by atoms with E-state index in [9.17, 15) is 9.59 Å². The minimum absolute atomic E-state index is 0.0740. The van der Waals surface area contributed by atoms with Crippen molar-refractivity contribution >= 4 is 11.8 Å². The van der Waals surface area contributed by atoms with Crippen LogP contribution in [0.2, 0.25) is 0 Å². The van der Waals surface area contributed by atoms with E-state index in [2.05, 4.69) is 31.0 Å². The van der Waals surface area contributed by atoms with Crippen LogP contribution in [0.15, 0.2) is 0 Å². The quantitative estimate of drug-likeness (QED) is 0.827. The summed E-state index contributed by atoms with van der Waals surface area (Å²) in [5, 5.41) is 3.22. The van der Waals surface area contributed by atoms with E-state index >= 15 is 0 Å². The van der Waals surface area contributed by atoms with Gasteiger partial charge in [0.1, 0.15) is 0 Å². The van der Waals surface area contributed by atoms with E-state index in [0.29, 0.717) is 11.8 Å². The molecule has 0 aromatic carbocycles. The Kier molecular flexibility index (Phi) is 6.03. The van der Waals surface area contributed by atoms with E-state index in [1.54, 1.807) is 0 Å². The summed E-state index contributed by atoms with van der Waals surface area (Å²) in [6.07, 6.45) is 5.06. The lowest BCUT2D eigenvalue weighted by Gasteiger charge is -2.37. The van der Waals surface area contributed by atoms with Crippen LogP contribution in [0.25, 0.3) is 0 Å². The second-order valence-corrected chi connectivity index (χ2v) is 8.95. The third kappa shape index (κ3) is 5.19. The van der Waals surface area contributed by atoms with E-state index in [-0.39, 0.29) is 17.9 Å². The van der Waals surface area contributed by atoms with Crippen LogP contribution in [0.4, 0.5) is 0 Å². The van der Waals surface area contributed by atoms with Crippen LogP contribution >= 0.6 is 0 Å². The minimum Gasteiger partial charge on any atom is -0.352 e. The smallest absolute Gasteiger partial charge is 0.225 e. The SMILES string of the molecule is C[C@@H]1C[C@H](C)CN(C[C@@H](C)NC(=O)C2CCN(C(=O)C3CC3)CC2)C1. The molecular formula is C20H35N3O2. The molecule has 0 spiro atoms. The van der Waals surface area contributed by atoms with Crippen LogP contribution in [-0.2, 0) is 9.59 Å². The van der Waals surface area contributed by atoms with Crippen molar-refractivity contribution in [1.82, 2.24) is 15.1 Å². The Morgan fingerprint density at radius 3 is 2.16 bits per heavy atom. The standard InChI is InChI=1S/C20H35N3O2/c1-14-10-15(2)12-22(11-14)13-16(3)21-19(24)17-6-8-23(9-7-17)20(25)18-4-5-18/h14-18H,4-13H2,1-3H3,(H,21,24)/t14-,15+,16-/m1/s1. The molecule has 1 saturated carbocycles. The molecule has 5 nitrogen and oxygen atoms in total. The first-order valence-electron chi connectivity index (χ1n) is 10.2. The fraction of sp³-hybridized carbons (Fsp3) is 0.900. The van der Waals surface area contributed by atoms with Crippen LogP contribution in [0.1, 0.15) is 52.9 Å². The lowest BCUT2D eigenvalue weighted by atomic mass is 9.91. The number of likely N-dealkylation sites (tertiary alicyclic amines) is 2. The molecule has 1 aliphatic carbocycles. The average Bonchev–Trinajstić information content (AvgIpc) is 3.38. The van der Waals surface area contributed by atoms with Crippen LogP contribution in [0, 0.1) is 23.7 Å². The highest BCUT2D eigenvalue weighted by Gasteiger charge is 2.36. The highest BCUT2D eigenvalue weighted by Crippen LogP contribution is 2.32. The number of piperidine rings is 2. The van der Waals surface area contributed by atoms with Gasteiger partial charge in [0.2, 0.25) is 11.8 Å². The first kappa shape index (κ1) is 18.7. The number of rotatable bonds is 5. The van der Waals surface area contributed by atoms with Crippen molar-refractivity contribution in [2.24, 2.45) is 23.7 Å². The number of carbonyl (C=O) groups excluding carboxylic acids is 2. The van der Waals surface area contributed by atoms with Crippen LogP contribution in [-0.4, -0.2) is 60.4 Å².